The molecule has 1 aliphatic carbocycles. The molecule has 0 heterocycles. The van der Waals surface area contributed by atoms with E-state index in [-0.39, 0.29) is 0 Å². The Labute approximate surface area is 70.6 Å². The largest absolute Gasteiger partial charge is 0.317 e. The first-order valence-corrected chi connectivity index (χ1v) is 4.89. The first-order chi connectivity index (χ1) is 5.22. The van der Waals surface area contributed by atoms with Crippen LogP contribution in [0.15, 0.2) is 0 Å². The van der Waals surface area contributed by atoms with Crippen molar-refractivity contribution >= 4 is 0 Å². The van der Waals surface area contributed by atoms with Gasteiger partial charge in [-0.3, -0.25) is 0 Å². The van der Waals surface area contributed by atoms with E-state index >= 15 is 0 Å². The highest BCUT2D eigenvalue weighted by Crippen LogP contribution is 2.30. The maximum atomic E-state index is 3.37. The summed E-state index contributed by atoms with van der Waals surface area (Å²) in [6.45, 7) is 4.65. The van der Waals surface area contributed by atoms with Crippen LogP contribution in [0, 0.1) is 11.8 Å². The van der Waals surface area contributed by atoms with Crippen molar-refractivity contribution in [2.45, 2.75) is 45.6 Å². The monoisotopic (exact) mass is 155 g/mol. The average Bonchev–Trinajstić information content (AvgIpc) is 2.34. The van der Waals surface area contributed by atoms with Crippen LogP contribution >= 0.6 is 0 Å². The summed E-state index contributed by atoms with van der Waals surface area (Å²) >= 11 is 0. The fourth-order valence-electron chi connectivity index (χ4n) is 2.22. The summed E-state index contributed by atoms with van der Waals surface area (Å²) in [6.07, 6.45) is 5.68. The lowest BCUT2D eigenvalue weighted by Crippen LogP contribution is -2.21. The van der Waals surface area contributed by atoms with Gasteiger partial charge < -0.3 is 5.32 Å². The Morgan fingerprint density at radius 2 is 2.09 bits per heavy atom. The molecule has 1 N–H and O–H groups in total. The summed E-state index contributed by atoms with van der Waals surface area (Å²) in [5.74, 6) is 1.89. The summed E-state index contributed by atoms with van der Waals surface area (Å²) < 4.78 is 0. The van der Waals surface area contributed by atoms with Gasteiger partial charge in [-0.1, -0.05) is 13.8 Å². The molecule has 0 aromatic carbocycles. The van der Waals surface area contributed by atoms with Gasteiger partial charge in [0.2, 0.25) is 0 Å². The molecule has 0 aliphatic heterocycles. The van der Waals surface area contributed by atoms with E-state index in [1.165, 1.54) is 25.7 Å². The lowest BCUT2D eigenvalue weighted by molar-refractivity contribution is 0.409. The van der Waals surface area contributed by atoms with E-state index in [0.29, 0.717) is 0 Å². The van der Waals surface area contributed by atoms with Crippen LogP contribution in [-0.2, 0) is 0 Å². The highest BCUT2D eigenvalue weighted by Gasteiger charge is 2.23. The van der Waals surface area contributed by atoms with Crippen LogP contribution in [0.3, 0.4) is 0 Å². The van der Waals surface area contributed by atoms with E-state index in [1.807, 2.05) is 0 Å². The van der Waals surface area contributed by atoms with Crippen molar-refractivity contribution in [1.82, 2.24) is 5.32 Å². The summed E-state index contributed by atoms with van der Waals surface area (Å²) in [4.78, 5) is 0. The Balaban J connectivity index is 2.19. The highest BCUT2D eigenvalue weighted by molar-refractivity contribution is 4.79. The van der Waals surface area contributed by atoms with Gasteiger partial charge in [0.25, 0.3) is 0 Å². The maximum absolute atomic E-state index is 3.37. The van der Waals surface area contributed by atoms with Crippen molar-refractivity contribution < 1.29 is 0 Å². The molecule has 1 fully saturated rings. The topological polar surface area (TPSA) is 12.0 Å². The molecule has 0 saturated heterocycles. The number of rotatable bonds is 3. The van der Waals surface area contributed by atoms with Gasteiger partial charge in [-0.05, 0) is 44.6 Å². The van der Waals surface area contributed by atoms with E-state index < -0.39 is 0 Å². The number of hydrogen-bond acceptors (Lipinski definition) is 1. The quantitative estimate of drug-likeness (QED) is 0.660. The third-order valence-corrected chi connectivity index (χ3v) is 2.75. The molecule has 0 aromatic rings. The van der Waals surface area contributed by atoms with Crippen molar-refractivity contribution in [3.05, 3.63) is 0 Å². The van der Waals surface area contributed by atoms with Gasteiger partial charge in [0.15, 0.2) is 0 Å². The third kappa shape index (κ3) is 2.82. The molecule has 2 unspecified atom stereocenters. The molecule has 1 rings (SSSR count). The Morgan fingerprint density at radius 1 is 1.36 bits per heavy atom. The van der Waals surface area contributed by atoms with Gasteiger partial charge in [-0.2, -0.15) is 0 Å². The van der Waals surface area contributed by atoms with Crippen LogP contribution in [0.4, 0.5) is 0 Å². The molecule has 0 aromatic heterocycles. The molecule has 2 atom stereocenters. The molecule has 1 heteroatoms. The lowest BCUT2D eigenvalue weighted by Gasteiger charge is -2.12. The second-order valence-electron chi connectivity index (χ2n) is 4.29. The van der Waals surface area contributed by atoms with E-state index in [0.717, 1.165) is 17.9 Å². The molecular formula is C10H21N. The SMILES string of the molecule is CNC1CCC(CC(C)C)C1. The van der Waals surface area contributed by atoms with Crippen LogP contribution < -0.4 is 5.32 Å². The minimum atomic E-state index is 0.818. The first-order valence-electron chi connectivity index (χ1n) is 4.89. The minimum absolute atomic E-state index is 0.818. The van der Waals surface area contributed by atoms with Crippen LogP contribution in [0.1, 0.15) is 39.5 Å². The zero-order valence-electron chi connectivity index (χ0n) is 8.06. The number of hydrogen-bond donors (Lipinski definition) is 1. The van der Waals surface area contributed by atoms with Crippen LogP contribution in [0.2, 0.25) is 0 Å². The fourth-order valence-corrected chi connectivity index (χ4v) is 2.22. The fraction of sp³-hybridized carbons (Fsp3) is 1.00. The van der Waals surface area contributed by atoms with Crippen LogP contribution in [0.25, 0.3) is 0 Å². The van der Waals surface area contributed by atoms with Gasteiger partial charge in [0.1, 0.15) is 0 Å². The Kier molecular flexibility index (Phi) is 3.38. The summed E-state index contributed by atoms with van der Waals surface area (Å²) in [5, 5.41) is 3.37. The lowest BCUT2D eigenvalue weighted by atomic mass is 9.96. The smallest absolute Gasteiger partial charge is 0.00668 e. The van der Waals surface area contributed by atoms with Gasteiger partial charge in [0, 0.05) is 6.04 Å². The Hall–Kier alpha value is -0.0400. The highest BCUT2D eigenvalue weighted by atomic mass is 14.9. The van der Waals surface area contributed by atoms with Crippen LogP contribution in [-0.4, -0.2) is 13.1 Å². The maximum Gasteiger partial charge on any atom is 0.00668 e. The second kappa shape index (κ2) is 4.10. The normalized spacial score (nSPS) is 31.6. The van der Waals surface area contributed by atoms with Gasteiger partial charge in [-0.15, -0.1) is 0 Å². The molecule has 1 saturated carbocycles. The van der Waals surface area contributed by atoms with E-state index in [9.17, 15) is 0 Å². The molecule has 1 aliphatic rings. The Bertz CT molecular complexity index is 109. The summed E-state index contributed by atoms with van der Waals surface area (Å²) in [5.41, 5.74) is 0. The predicted octanol–water partition coefficient (Wildman–Crippen LogP) is 2.42. The van der Waals surface area contributed by atoms with Gasteiger partial charge in [-0.25, -0.2) is 0 Å². The predicted molar refractivity (Wildman–Crippen MR) is 49.6 cm³/mol. The van der Waals surface area contributed by atoms with Crippen molar-refractivity contribution in [3.8, 4) is 0 Å². The molecule has 0 spiro atoms. The number of nitrogens with one attached hydrogen (secondary N) is 1. The summed E-state index contributed by atoms with van der Waals surface area (Å²) in [7, 11) is 2.09. The van der Waals surface area contributed by atoms with E-state index in [4.69, 9.17) is 0 Å². The van der Waals surface area contributed by atoms with Crippen molar-refractivity contribution in [2.75, 3.05) is 7.05 Å². The van der Waals surface area contributed by atoms with Gasteiger partial charge in [0.05, 0.1) is 0 Å². The zero-order chi connectivity index (χ0) is 8.27. The molecule has 0 radical (unpaired) electrons. The third-order valence-electron chi connectivity index (χ3n) is 2.75. The average molecular weight is 155 g/mol. The second-order valence-corrected chi connectivity index (χ2v) is 4.29. The molecule has 0 amide bonds. The molecule has 11 heavy (non-hydrogen) atoms. The molecular weight excluding hydrogens is 134 g/mol. The Morgan fingerprint density at radius 3 is 2.55 bits per heavy atom. The van der Waals surface area contributed by atoms with E-state index in [2.05, 4.69) is 26.2 Å². The molecule has 0 bridgehead atoms. The summed E-state index contributed by atoms with van der Waals surface area (Å²) in [6, 6.07) is 0.818. The van der Waals surface area contributed by atoms with Crippen molar-refractivity contribution in [1.29, 1.82) is 0 Å². The minimum Gasteiger partial charge on any atom is -0.317 e. The van der Waals surface area contributed by atoms with Crippen LogP contribution in [0.5, 0.6) is 0 Å². The van der Waals surface area contributed by atoms with Gasteiger partial charge >= 0.3 is 0 Å². The first kappa shape index (κ1) is 9.05. The van der Waals surface area contributed by atoms with Crippen molar-refractivity contribution in [3.63, 3.8) is 0 Å². The molecule has 1 nitrogen and oxygen atoms in total. The zero-order valence-corrected chi connectivity index (χ0v) is 8.06. The molecule has 66 valence electrons. The van der Waals surface area contributed by atoms with E-state index in [1.54, 1.807) is 0 Å². The van der Waals surface area contributed by atoms with Crippen molar-refractivity contribution in [2.24, 2.45) is 11.8 Å². The standard InChI is InChI=1S/C10H21N/c1-8(2)6-9-4-5-10(7-9)11-3/h8-11H,4-7H2,1-3H3.